The van der Waals surface area contributed by atoms with Crippen LogP contribution in [0.4, 0.5) is 5.69 Å². The van der Waals surface area contributed by atoms with Crippen LogP contribution in [0.1, 0.15) is 16.7 Å². The van der Waals surface area contributed by atoms with Crippen LogP contribution < -0.4 is 10.5 Å². The van der Waals surface area contributed by atoms with Gasteiger partial charge in [-0.2, -0.15) is 0 Å². The van der Waals surface area contributed by atoms with E-state index in [1.165, 1.54) is 5.56 Å². The van der Waals surface area contributed by atoms with Gasteiger partial charge in [-0.05, 0) is 64.7 Å². The van der Waals surface area contributed by atoms with Crippen molar-refractivity contribution in [2.24, 2.45) is 0 Å². The third-order valence-electron chi connectivity index (χ3n) is 2.74. The molecule has 0 amide bonds. The minimum absolute atomic E-state index is 0.544. The fraction of sp³-hybridized carbons (Fsp3) is 0.200. The first kappa shape index (κ1) is 13.0. The molecule has 3 heteroatoms. The summed E-state index contributed by atoms with van der Waals surface area (Å²) in [7, 11) is 0. The van der Waals surface area contributed by atoms with Crippen LogP contribution in [0.3, 0.4) is 0 Å². The molecule has 0 radical (unpaired) electrons. The van der Waals surface area contributed by atoms with Gasteiger partial charge < -0.3 is 10.5 Å². The zero-order valence-corrected chi connectivity index (χ0v) is 12.1. The number of benzene rings is 2. The highest BCUT2D eigenvalue weighted by Crippen LogP contribution is 2.30. The summed E-state index contributed by atoms with van der Waals surface area (Å²) < 4.78 is 6.86. The van der Waals surface area contributed by atoms with Crippen LogP contribution >= 0.6 is 15.9 Å². The van der Waals surface area contributed by atoms with Gasteiger partial charge in [-0.3, -0.25) is 0 Å². The third-order valence-corrected chi connectivity index (χ3v) is 3.33. The number of nitrogen functional groups attached to an aromatic ring is 1. The molecule has 0 aliphatic rings. The van der Waals surface area contributed by atoms with Gasteiger partial charge >= 0.3 is 0 Å². The normalized spacial score (nSPS) is 10.4. The number of anilines is 1. The maximum atomic E-state index is 5.86. The Bertz CT molecular complexity index is 526. The van der Waals surface area contributed by atoms with E-state index >= 15 is 0 Å². The average molecular weight is 306 g/mol. The standard InChI is InChI=1S/C15H16BrNO/c1-10-7-11(2)15(14(16)8-10)18-9-12-3-5-13(17)6-4-12/h3-8H,9,17H2,1-2H3. The number of aryl methyl sites for hydroxylation is 2. The van der Waals surface area contributed by atoms with E-state index in [9.17, 15) is 0 Å². The molecule has 0 spiro atoms. The molecule has 0 saturated heterocycles. The predicted octanol–water partition coefficient (Wildman–Crippen LogP) is 4.23. The minimum atomic E-state index is 0.544. The number of halogens is 1. The first-order chi connectivity index (χ1) is 8.56. The molecule has 2 aromatic carbocycles. The fourth-order valence-corrected chi connectivity index (χ4v) is 2.64. The van der Waals surface area contributed by atoms with Crippen LogP contribution in [0.25, 0.3) is 0 Å². The topological polar surface area (TPSA) is 35.2 Å². The molecule has 2 rings (SSSR count). The van der Waals surface area contributed by atoms with Crippen molar-refractivity contribution in [1.82, 2.24) is 0 Å². The Morgan fingerprint density at radius 2 is 1.78 bits per heavy atom. The fourth-order valence-electron chi connectivity index (χ4n) is 1.85. The van der Waals surface area contributed by atoms with Gasteiger partial charge in [0.25, 0.3) is 0 Å². The van der Waals surface area contributed by atoms with E-state index in [1.807, 2.05) is 24.3 Å². The molecule has 2 nitrogen and oxygen atoms in total. The average Bonchev–Trinajstić information content (AvgIpc) is 2.30. The Morgan fingerprint density at radius 1 is 1.11 bits per heavy atom. The Morgan fingerprint density at radius 3 is 2.39 bits per heavy atom. The molecule has 94 valence electrons. The number of rotatable bonds is 3. The number of nitrogens with two attached hydrogens (primary N) is 1. The maximum Gasteiger partial charge on any atom is 0.136 e. The minimum Gasteiger partial charge on any atom is -0.487 e. The van der Waals surface area contributed by atoms with Crippen molar-refractivity contribution < 1.29 is 4.74 Å². The lowest BCUT2D eigenvalue weighted by Gasteiger charge is -2.12. The summed E-state index contributed by atoms with van der Waals surface area (Å²) >= 11 is 3.54. The van der Waals surface area contributed by atoms with Crippen molar-refractivity contribution in [3.05, 3.63) is 57.6 Å². The van der Waals surface area contributed by atoms with Gasteiger partial charge in [-0.15, -0.1) is 0 Å². The predicted molar refractivity (Wildman–Crippen MR) is 78.8 cm³/mol. The monoisotopic (exact) mass is 305 g/mol. The van der Waals surface area contributed by atoms with Crippen LogP contribution in [0.15, 0.2) is 40.9 Å². The van der Waals surface area contributed by atoms with E-state index in [4.69, 9.17) is 10.5 Å². The summed E-state index contributed by atoms with van der Waals surface area (Å²) in [6, 6.07) is 11.9. The molecule has 0 unspecified atom stereocenters. The summed E-state index contributed by atoms with van der Waals surface area (Å²) in [4.78, 5) is 0. The molecule has 2 N–H and O–H groups in total. The summed E-state index contributed by atoms with van der Waals surface area (Å²) in [5.41, 5.74) is 9.89. The third kappa shape index (κ3) is 3.05. The van der Waals surface area contributed by atoms with E-state index in [2.05, 4.69) is 41.9 Å². The van der Waals surface area contributed by atoms with E-state index in [-0.39, 0.29) is 0 Å². The Hall–Kier alpha value is -1.48. The second-order valence-electron chi connectivity index (χ2n) is 4.42. The van der Waals surface area contributed by atoms with Gasteiger partial charge in [0.15, 0.2) is 0 Å². The Balaban J connectivity index is 2.13. The lowest BCUT2D eigenvalue weighted by Crippen LogP contribution is -1.98. The van der Waals surface area contributed by atoms with Crippen LogP contribution in [-0.4, -0.2) is 0 Å². The van der Waals surface area contributed by atoms with Crippen molar-refractivity contribution in [2.45, 2.75) is 20.5 Å². The number of hydrogen-bond donors (Lipinski definition) is 1. The highest BCUT2D eigenvalue weighted by atomic mass is 79.9. The molecule has 2 aromatic rings. The summed E-state index contributed by atoms with van der Waals surface area (Å²) in [6.07, 6.45) is 0. The van der Waals surface area contributed by atoms with E-state index < -0.39 is 0 Å². The van der Waals surface area contributed by atoms with Crippen LogP contribution in [-0.2, 0) is 6.61 Å². The van der Waals surface area contributed by atoms with E-state index in [1.54, 1.807) is 0 Å². The first-order valence-corrected chi connectivity index (χ1v) is 6.59. The zero-order valence-electron chi connectivity index (χ0n) is 10.5. The molecule has 0 aliphatic carbocycles. The molecule has 0 atom stereocenters. The lowest BCUT2D eigenvalue weighted by molar-refractivity contribution is 0.302. The SMILES string of the molecule is Cc1cc(C)c(OCc2ccc(N)cc2)c(Br)c1. The van der Waals surface area contributed by atoms with Crippen molar-refractivity contribution >= 4 is 21.6 Å². The largest absolute Gasteiger partial charge is 0.487 e. The van der Waals surface area contributed by atoms with Gasteiger partial charge in [0.2, 0.25) is 0 Å². The van der Waals surface area contributed by atoms with Gasteiger partial charge in [-0.25, -0.2) is 0 Å². The van der Waals surface area contributed by atoms with Crippen molar-refractivity contribution in [2.75, 3.05) is 5.73 Å². The molecular formula is C15H16BrNO. The highest BCUT2D eigenvalue weighted by molar-refractivity contribution is 9.10. The smallest absolute Gasteiger partial charge is 0.136 e. The van der Waals surface area contributed by atoms with Crippen LogP contribution in [0.5, 0.6) is 5.75 Å². The zero-order chi connectivity index (χ0) is 13.1. The van der Waals surface area contributed by atoms with Crippen LogP contribution in [0.2, 0.25) is 0 Å². The second-order valence-corrected chi connectivity index (χ2v) is 5.28. The summed E-state index contributed by atoms with van der Waals surface area (Å²) in [5.74, 6) is 0.900. The maximum absolute atomic E-state index is 5.86. The van der Waals surface area contributed by atoms with Gasteiger partial charge in [0, 0.05) is 5.69 Å². The molecule has 0 bridgehead atoms. The number of ether oxygens (including phenoxy) is 1. The van der Waals surface area contributed by atoms with Gasteiger partial charge in [-0.1, -0.05) is 18.2 Å². The van der Waals surface area contributed by atoms with Gasteiger partial charge in [0.05, 0.1) is 4.47 Å². The Kier molecular flexibility index (Phi) is 3.92. The summed E-state index contributed by atoms with van der Waals surface area (Å²) in [6.45, 7) is 4.67. The highest BCUT2D eigenvalue weighted by Gasteiger charge is 2.06. The van der Waals surface area contributed by atoms with Crippen LogP contribution in [0, 0.1) is 13.8 Å². The van der Waals surface area contributed by atoms with E-state index in [0.717, 1.165) is 27.0 Å². The molecule has 0 aromatic heterocycles. The number of hydrogen-bond acceptors (Lipinski definition) is 2. The van der Waals surface area contributed by atoms with E-state index in [0.29, 0.717) is 6.61 Å². The molecular weight excluding hydrogens is 290 g/mol. The lowest BCUT2D eigenvalue weighted by atomic mass is 10.1. The first-order valence-electron chi connectivity index (χ1n) is 5.80. The summed E-state index contributed by atoms with van der Waals surface area (Å²) in [5, 5.41) is 0. The molecule has 0 fully saturated rings. The van der Waals surface area contributed by atoms with Crippen molar-refractivity contribution in [3.8, 4) is 5.75 Å². The van der Waals surface area contributed by atoms with Crippen molar-refractivity contribution in [1.29, 1.82) is 0 Å². The quantitative estimate of drug-likeness (QED) is 0.861. The molecule has 0 aliphatic heterocycles. The molecule has 0 saturated carbocycles. The van der Waals surface area contributed by atoms with Gasteiger partial charge in [0.1, 0.15) is 12.4 Å². The Labute approximate surface area is 116 Å². The van der Waals surface area contributed by atoms with Crippen molar-refractivity contribution in [3.63, 3.8) is 0 Å². The second kappa shape index (κ2) is 5.44. The molecule has 0 heterocycles. The molecule has 18 heavy (non-hydrogen) atoms.